The van der Waals surface area contributed by atoms with Crippen molar-refractivity contribution < 1.29 is 22.7 Å². The summed E-state index contributed by atoms with van der Waals surface area (Å²) in [5.74, 6) is -0.551. The number of thiocarbonyl (C=S) groups is 1. The van der Waals surface area contributed by atoms with Gasteiger partial charge >= 0.3 is 0 Å². The zero-order valence-corrected chi connectivity index (χ0v) is 24.2. The summed E-state index contributed by atoms with van der Waals surface area (Å²) in [5.41, 5.74) is 4.62. The molecule has 5 rings (SSSR count). The van der Waals surface area contributed by atoms with Crippen LogP contribution in [0.2, 0.25) is 5.02 Å². The Balaban J connectivity index is 1.27. The number of nitrogens with zero attached hydrogens (tertiary/aromatic N) is 2. The molecule has 0 spiro atoms. The van der Waals surface area contributed by atoms with Crippen LogP contribution in [0.4, 0.5) is 10.8 Å². The number of nitrogens with two attached hydrogens (primary N) is 1. The first kappa shape index (κ1) is 28.0. The molecule has 1 fully saturated rings. The lowest BCUT2D eigenvalue weighted by Crippen LogP contribution is -2.33. The van der Waals surface area contributed by atoms with Crippen LogP contribution in [-0.4, -0.2) is 41.2 Å². The van der Waals surface area contributed by atoms with E-state index in [9.17, 15) is 18.0 Å². The topological polar surface area (TPSA) is 144 Å². The number of benzene rings is 3. The van der Waals surface area contributed by atoms with Crippen molar-refractivity contribution in [2.24, 2.45) is 5.14 Å². The summed E-state index contributed by atoms with van der Waals surface area (Å²) in [4.78, 5) is 30.4. The second kappa shape index (κ2) is 11.5. The Hall–Kier alpha value is -3.53. The first-order valence-electron chi connectivity index (χ1n) is 11.3. The van der Waals surface area contributed by atoms with E-state index in [0.717, 1.165) is 22.0 Å². The number of hydrazine groups is 1. The number of hydrogen-bond acceptors (Lipinski definition) is 10. The van der Waals surface area contributed by atoms with Gasteiger partial charge in [0.25, 0.3) is 11.8 Å². The molecule has 0 unspecified atom stereocenters. The minimum absolute atomic E-state index is 0.0757. The standard InChI is InChI=1S/C25H18ClN5O5S4/c26-15-5-10-19(36-13-22(32)28-16-6-8-17(9-7-16)40(27,34)35)14(11-15)12-21-23(33)31(25(37)39-21)30-24-29-18-3-1-2-4-20(18)38-24/h1-12H,13H2,(H,28,32)(H,29,30)(H2,27,34,35)/b21-12-. The molecule has 1 aliphatic heterocycles. The molecule has 0 bridgehead atoms. The van der Waals surface area contributed by atoms with Crippen molar-refractivity contribution in [3.05, 3.63) is 82.2 Å². The van der Waals surface area contributed by atoms with E-state index in [1.807, 2.05) is 24.3 Å². The fraction of sp³-hybridized carbons (Fsp3) is 0.0400. The molecule has 0 radical (unpaired) electrons. The van der Waals surface area contributed by atoms with E-state index in [1.54, 1.807) is 24.3 Å². The van der Waals surface area contributed by atoms with Crippen LogP contribution in [0.5, 0.6) is 5.75 Å². The second-order valence-electron chi connectivity index (χ2n) is 8.20. The maximum absolute atomic E-state index is 13.2. The van der Waals surface area contributed by atoms with Crippen molar-refractivity contribution in [2.45, 2.75) is 4.90 Å². The molecule has 15 heteroatoms. The molecule has 4 N–H and O–H groups in total. The number of primary sulfonamides is 1. The molecular weight excluding hydrogens is 614 g/mol. The molecule has 2 amide bonds. The summed E-state index contributed by atoms with van der Waals surface area (Å²) < 4.78 is 29.8. The maximum atomic E-state index is 13.2. The Labute approximate surface area is 247 Å². The van der Waals surface area contributed by atoms with Crippen molar-refractivity contribution in [1.82, 2.24) is 9.99 Å². The second-order valence-corrected chi connectivity index (χ2v) is 12.9. The third-order valence-corrected chi connectivity index (χ3v) is 8.79. The highest BCUT2D eigenvalue weighted by molar-refractivity contribution is 8.26. The minimum Gasteiger partial charge on any atom is -0.483 e. The number of sulfonamides is 1. The van der Waals surface area contributed by atoms with Gasteiger partial charge in [-0.2, -0.15) is 5.01 Å². The lowest BCUT2D eigenvalue weighted by Gasteiger charge is -2.14. The smallest absolute Gasteiger partial charge is 0.285 e. The van der Waals surface area contributed by atoms with Gasteiger partial charge in [0.05, 0.1) is 20.0 Å². The van der Waals surface area contributed by atoms with Gasteiger partial charge in [0.1, 0.15) is 5.75 Å². The lowest BCUT2D eigenvalue weighted by atomic mass is 10.2. The van der Waals surface area contributed by atoms with Gasteiger partial charge in [-0.1, -0.05) is 46.8 Å². The number of fused-ring (bicyclic) bond motifs is 1. The highest BCUT2D eigenvalue weighted by Crippen LogP contribution is 2.36. The number of carbonyl (C=O) groups excluding carboxylic acids is 2. The Morgan fingerprint density at radius 1 is 1.15 bits per heavy atom. The SMILES string of the molecule is NS(=O)(=O)c1ccc(NC(=O)COc2ccc(Cl)cc2/C=C2\SC(=S)N(Nc3nc4ccccc4s3)C2=O)cc1. The first-order valence-corrected chi connectivity index (χ1v) is 15.3. The first-order chi connectivity index (χ1) is 19.1. The molecule has 2 heterocycles. The van der Waals surface area contributed by atoms with E-state index in [-0.39, 0.29) is 17.4 Å². The fourth-order valence-electron chi connectivity index (χ4n) is 3.55. The van der Waals surface area contributed by atoms with E-state index < -0.39 is 15.9 Å². The molecule has 0 atom stereocenters. The predicted octanol–water partition coefficient (Wildman–Crippen LogP) is 4.84. The van der Waals surface area contributed by atoms with Crippen molar-refractivity contribution in [3.8, 4) is 5.75 Å². The van der Waals surface area contributed by atoms with Gasteiger partial charge in [0, 0.05) is 16.3 Å². The maximum Gasteiger partial charge on any atom is 0.285 e. The number of thiazole rings is 1. The molecular formula is C25H18ClN5O5S4. The van der Waals surface area contributed by atoms with Crippen LogP contribution in [0.15, 0.2) is 76.5 Å². The van der Waals surface area contributed by atoms with Crippen LogP contribution >= 0.6 is 46.9 Å². The highest BCUT2D eigenvalue weighted by Gasteiger charge is 2.33. The van der Waals surface area contributed by atoms with Gasteiger partial charge in [-0.25, -0.2) is 18.5 Å². The number of hydrogen-bond donors (Lipinski definition) is 3. The van der Waals surface area contributed by atoms with E-state index in [0.29, 0.717) is 36.4 Å². The molecule has 1 saturated heterocycles. The average molecular weight is 632 g/mol. The van der Waals surface area contributed by atoms with Gasteiger partial charge in [0.2, 0.25) is 15.2 Å². The monoisotopic (exact) mass is 631 g/mol. The number of halogens is 1. The molecule has 40 heavy (non-hydrogen) atoms. The fourth-order valence-corrected chi connectivity index (χ4v) is 6.27. The summed E-state index contributed by atoms with van der Waals surface area (Å²) >= 11 is 14.1. The van der Waals surface area contributed by atoms with Crippen LogP contribution in [0.3, 0.4) is 0 Å². The summed E-state index contributed by atoms with van der Waals surface area (Å²) in [6.45, 7) is -0.362. The van der Waals surface area contributed by atoms with Crippen LogP contribution in [-0.2, 0) is 19.6 Å². The third-order valence-electron chi connectivity index (χ3n) is 5.38. The van der Waals surface area contributed by atoms with Gasteiger partial charge in [-0.3, -0.25) is 15.0 Å². The minimum atomic E-state index is -3.84. The highest BCUT2D eigenvalue weighted by atomic mass is 35.5. The van der Waals surface area contributed by atoms with Crippen LogP contribution in [0, 0.1) is 0 Å². The number of carbonyl (C=O) groups is 2. The largest absolute Gasteiger partial charge is 0.483 e. The number of aromatic nitrogens is 1. The Morgan fingerprint density at radius 3 is 2.62 bits per heavy atom. The van der Waals surface area contributed by atoms with E-state index in [2.05, 4.69) is 15.7 Å². The van der Waals surface area contributed by atoms with Crippen molar-refractivity contribution in [1.29, 1.82) is 0 Å². The third kappa shape index (κ3) is 6.43. The molecule has 1 aliphatic rings. The summed E-state index contributed by atoms with van der Waals surface area (Å²) in [7, 11) is -3.84. The summed E-state index contributed by atoms with van der Waals surface area (Å²) in [5, 5.41) is 9.88. The summed E-state index contributed by atoms with van der Waals surface area (Å²) in [6, 6.07) is 17.8. The molecule has 204 valence electrons. The van der Waals surface area contributed by atoms with Gasteiger partial charge < -0.3 is 10.1 Å². The van der Waals surface area contributed by atoms with E-state index >= 15 is 0 Å². The normalized spacial score (nSPS) is 14.7. The molecule has 0 aliphatic carbocycles. The average Bonchev–Trinajstić information content (AvgIpc) is 3.43. The van der Waals surface area contributed by atoms with Crippen LogP contribution < -0.4 is 20.6 Å². The molecule has 0 saturated carbocycles. The van der Waals surface area contributed by atoms with E-state index in [4.69, 9.17) is 33.7 Å². The zero-order chi connectivity index (χ0) is 28.4. The van der Waals surface area contributed by atoms with Crippen LogP contribution in [0.25, 0.3) is 16.3 Å². The van der Waals surface area contributed by atoms with Crippen molar-refractivity contribution in [3.63, 3.8) is 0 Å². The Kier molecular flexibility index (Phi) is 8.07. The molecule has 4 aromatic rings. The number of anilines is 2. The number of nitrogens with one attached hydrogen (secondary N) is 2. The van der Waals surface area contributed by atoms with Gasteiger partial charge in [0.15, 0.2) is 10.9 Å². The number of para-hydroxylation sites is 1. The number of rotatable bonds is 8. The Morgan fingerprint density at radius 2 is 1.90 bits per heavy atom. The summed E-state index contributed by atoms with van der Waals surface area (Å²) in [6.07, 6.45) is 1.59. The number of ether oxygens (including phenoxy) is 1. The molecule has 10 nitrogen and oxygen atoms in total. The van der Waals surface area contributed by atoms with Gasteiger partial charge in [-0.15, -0.1) is 0 Å². The molecule has 3 aromatic carbocycles. The Bertz CT molecular complexity index is 1760. The van der Waals surface area contributed by atoms with E-state index in [1.165, 1.54) is 40.6 Å². The van der Waals surface area contributed by atoms with Gasteiger partial charge in [-0.05, 0) is 72.9 Å². The van der Waals surface area contributed by atoms with Crippen molar-refractivity contribution in [2.75, 3.05) is 17.3 Å². The van der Waals surface area contributed by atoms with Crippen LogP contribution in [0.1, 0.15) is 5.56 Å². The quantitative estimate of drug-likeness (QED) is 0.184. The molecule has 1 aromatic heterocycles. The van der Waals surface area contributed by atoms with Crippen molar-refractivity contribution >= 4 is 100 Å². The number of amides is 2. The predicted molar refractivity (Wildman–Crippen MR) is 162 cm³/mol. The lowest BCUT2D eigenvalue weighted by molar-refractivity contribution is -0.121. The number of thioether (sulfide) groups is 1. The zero-order valence-electron chi connectivity index (χ0n) is 20.2.